The molecule has 1 saturated heterocycles. The van der Waals surface area contributed by atoms with Gasteiger partial charge in [-0.05, 0) is 43.2 Å². The molecule has 0 saturated carbocycles. The molecule has 0 aromatic rings. The molecule has 38 heavy (non-hydrogen) atoms. The third-order valence-corrected chi connectivity index (χ3v) is 18.0. The van der Waals surface area contributed by atoms with Gasteiger partial charge in [0.05, 0.1) is 17.7 Å². The average Bonchev–Trinajstić information content (AvgIpc) is 3.10. The lowest BCUT2D eigenvalue weighted by molar-refractivity contribution is -0.116. The number of hydrogen-bond acceptors (Lipinski definition) is 9. The highest BCUT2D eigenvalue weighted by Gasteiger charge is 2.67. The second-order valence-electron chi connectivity index (χ2n) is 13.1. The minimum atomic E-state index is -4.18. The molecule has 0 aliphatic carbocycles. The fraction of sp³-hybridized carbons (Fsp3) is 0.750. The number of ether oxygens (including phenoxy) is 1. The maximum absolute atomic E-state index is 12.8. The zero-order valence-corrected chi connectivity index (χ0v) is 27.3. The van der Waals surface area contributed by atoms with Gasteiger partial charge in [-0.25, -0.2) is 8.98 Å². The first kappa shape index (κ1) is 32.7. The van der Waals surface area contributed by atoms with E-state index in [4.69, 9.17) is 23.5 Å². The molecule has 3 amide bonds. The standard InChI is InChI=1S/C24H45N3O8SSi2/c1-15(2)19(28)26-21(29)27-20-18(34-38(11,12)23(6,7)8)24(16(25)14-36(30,31)35-24)17(33-20)13-32-37(9,10)22(3,4)5/h14,17-18,20H,1,13,25H2,2-12H3,(H2,26,27,28,29)/t17?,18?,20-,24?/m1/s1. The number of nitrogens with two attached hydrogens (primary N) is 1. The first-order chi connectivity index (χ1) is 16.9. The number of imide groups is 1. The van der Waals surface area contributed by atoms with Gasteiger partial charge in [-0.3, -0.25) is 10.1 Å². The molecule has 0 aromatic carbocycles. The van der Waals surface area contributed by atoms with Crippen molar-refractivity contribution in [3.8, 4) is 0 Å². The van der Waals surface area contributed by atoms with Crippen molar-refractivity contribution in [1.29, 1.82) is 0 Å². The van der Waals surface area contributed by atoms with Gasteiger partial charge in [0.2, 0.25) is 0 Å². The number of nitrogens with one attached hydrogen (secondary N) is 2. The summed E-state index contributed by atoms with van der Waals surface area (Å²) in [6.07, 6.45) is -3.41. The van der Waals surface area contributed by atoms with Crippen LogP contribution >= 0.6 is 0 Å². The molecule has 2 aliphatic rings. The summed E-state index contributed by atoms with van der Waals surface area (Å²) in [7, 11) is -9.12. The van der Waals surface area contributed by atoms with Crippen LogP contribution in [0, 0.1) is 0 Å². The van der Waals surface area contributed by atoms with Crippen LogP contribution in [0.1, 0.15) is 48.5 Å². The van der Waals surface area contributed by atoms with E-state index in [1.807, 2.05) is 33.9 Å². The third-order valence-electron chi connectivity index (χ3n) is 7.98. The van der Waals surface area contributed by atoms with Gasteiger partial charge in [0.25, 0.3) is 16.0 Å². The van der Waals surface area contributed by atoms with E-state index in [-0.39, 0.29) is 28.0 Å². The van der Waals surface area contributed by atoms with E-state index in [2.05, 4.69) is 51.1 Å². The Morgan fingerprint density at radius 2 is 1.63 bits per heavy atom. The Morgan fingerprint density at radius 1 is 1.11 bits per heavy atom. The first-order valence-corrected chi connectivity index (χ1v) is 19.8. The highest BCUT2D eigenvalue weighted by atomic mass is 32.2. The maximum atomic E-state index is 12.8. The van der Waals surface area contributed by atoms with Crippen molar-refractivity contribution in [3.05, 3.63) is 23.3 Å². The summed E-state index contributed by atoms with van der Waals surface area (Å²) in [6, 6.07) is -0.864. The van der Waals surface area contributed by atoms with E-state index < -0.39 is 62.7 Å². The minimum absolute atomic E-state index is 0.0532. The number of carbonyl (C=O) groups excluding carboxylic acids is 2. The molecule has 1 fully saturated rings. The van der Waals surface area contributed by atoms with Gasteiger partial charge in [0, 0.05) is 5.57 Å². The predicted octanol–water partition coefficient (Wildman–Crippen LogP) is 3.42. The largest absolute Gasteiger partial charge is 0.414 e. The van der Waals surface area contributed by atoms with Crippen molar-refractivity contribution < 1.29 is 35.8 Å². The summed E-state index contributed by atoms with van der Waals surface area (Å²) in [4.78, 5) is 24.8. The Bertz CT molecular complexity index is 1110. The highest BCUT2D eigenvalue weighted by molar-refractivity contribution is 7.90. The van der Waals surface area contributed by atoms with Crippen molar-refractivity contribution >= 4 is 38.7 Å². The van der Waals surface area contributed by atoms with Crippen LogP contribution in [-0.4, -0.2) is 67.6 Å². The Balaban J connectivity index is 2.58. The number of urea groups is 1. The smallest absolute Gasteiger partial charge is 0.323 e. The number of rotatable bonds is 7. The molecule has 0 aromatic heterocycles. The van der Waals surface area contributed by atoms with E-state index in [1.54, 1.807) is 0 Å². The van der Waals surface area contributed by atoms with Gasteiger partial charge in [-0.15, -0.1) is 0 Å². The topological polar surface area (TPSA) is 155 Å². The highest BCUT2D eigenvalue weighted by Crippen LogP contribution is 2.49. The Morgan fingerprint density at radius 3 is 2.05 bits per heavy atom. The molecule has 14 heteroatoms. The van der Waals surface area contributed by atoms with Crippen LogP contribution < -0.4 is 16.4 Å². The van der Waals surface area contributed by atoms with Gasteiger partial charge >= 0.3 is 6.03 Å². The van der Waals surface area contributed by atoms with Crippen molar-refractivity contribution in [2.75, 3.05) is 6.61 Å². The van der Waals surface area contributed by atoms with Gasteiger partial charge < -0.3 is 24.6 Å². The number of hydrogen-bond donors (Lipinski definition) is 3. The van der Waals surface area contributed by atoms with Crippen molar-refractivity contribution in [2.24, 2.45) is 5.73 Å². The molecule has 0 bridgehead atoms. The van der Waals surface area contributed by atoms with E-state index in [0.717, 1.165) is 5.41 Å². The Hall–Kier alpha value is -1.56. The summed E-state index contributed by atoms with van der Waals surface area (Å²) < 4.78 is 50.4. The molecule has 11 nitrogen and oxygen atoms in total. The minimum Gasteiger partial charge on any atom is -0.414 e. The van der Waals surface area contributed by atoms with E-state index in [0.29, 0.717) is 0 Å². The van der Waals surface area contributed by atoms with Crippen LogP contribution in [0.4, 0.5) is 4.79 Å². The van der Waals surface area contributed by atoms with Gasteiger partial charge in [0.15, 0.2) is 28.5 Å². The van der Waals surface area contributed by atoms with Gasteiger partial charge in [-0.2, -0.15) is 8.42 Å². The zero-order valence-electron chi connectivity index (χ0n) is 24.5. The van der Waals surface area contributed by atoms with Crippen molar-refractivity contribution in [2.45, 2.75) is 109 Å². The lowest BCUT2D eigenvalue weighted by Gasteiger charge is -2.43. The molecule has 2 heterocycles. The van der Waals surface area contributed by atoms with Crippen LogP contribution in [0.15, 0.2) is 23.3 Å². The van der Waals surface area contributed by atoms with Crippen LogP contribution in [0.3, 0.4) is 0 Å². The fourth-order valence-corrected chi connectivity index (χ4v) is 7.03. The molecular weight excluding hydrogens is 547 g/mol. The molecule has 3 unspecified atom stereocenters. The molecule has 2 aliphatic heterocycles. The van der Waals surface area contributed by atoms with E-state index in [9.17, 15) is 18.0 Å². The van der Waals surface area contributed by atoms with Crippen LogP contribution in [0.5, 0.6) is 0 Å². The summed E-state index contributed by atoms with van der Waals surface area (Å²) in [5, 5.41) is 5.21. The summed E-state index contributed by atoms with van der Waals surface area (Å²) in [5.41, 5.74) is 4.62. The van der Waals surface area contributed by atoms with Crippen molar-refractivity contribution in [3.63, 3.8) is 0 Å². The number of carbonyl (C=O) groups is 2. The normalized spacial score (nSPS) is 27.8. The predicted molar refractivity (Wildman–Crippen MR) is 150 cm³/mol. The molecule has 4 N–H and O–H groups in total. The second-order valence-corrected chi connectivity index (χ2v) is 24.0. The fourth-order valence-electron chi connectivity index (χ4n) is 3.51. The lowest BCUT2D eigenvalue weighted by Crippen LogP contribution is -2.61. The lowest BCUT2D eigenvalue weighted by atomic mass is 9.89. The van der Waals surface area contributed by atoms with Crippen LogP contribution in [-0.2, 0) is 32.7 Å². The zero-order chi connectivity index (χ0) is 29.7. The summed E-state index contributed by atoms with van der Waals surface area (Å²) in [6.45, 7) is 25.3. The monoisotopic (exact) mass is 591 g/mol. The van der Waals surface area contributed by atoms with E-state index >= 15 is 0 Å². The third kappa shape index (κ3) is 6.59. The average molecular weight is 592 g/mol. The van der Waals surface area contributed by atoms with Crippen molar-refractivity contribution in [1.82, 2.24) is 10.6 Å². The van der Waals surface area contributed by atoms with E-state index in [1.165, 1.54) is 6.92 Å². The molecule has 1 spiro atoms. The number of amides is 3. The van der Waals surface area contributed by atoms with Gasteiger partial charge in [-0.1, -0.05) is 48.1 Å². The molecular formula is C24H45N3O8SSi2. The SMILES string of the molecule is C=C(C)C(=O)NC(=O)N[C@@H]1OC(CO[Si](C)(C)C(C)(C)C)C2(OS(=O)(=O)C=C2N)C1O[Si](C)(C)C(C)(C)C. The van der Waals surface area contributed by atoms with Crippen LogP contribution in [0.25, 0.3) is 0 Å². The quantitative estimate of drug-likeness (QED) is 0.229. The summed E-state index contributed by atoms with van der Waals surface area (Å²) in [5.74, 6) is -0.672. The maximum Gasteiger partial charge on any atom is 0.323 e. The second kappa shape index (κ2) is 10.4. The van der Waals surface area contributed by atoms with Crippen LogP contribution in [0.2, 0.25) is 36.3 Å². The molecule has 4 atom stereocenters. The van der Waals surface area contributed by atoms with Gasteiger partial charge in [0.1, 0.15) is 12.2 Å². The first-order valence-electron chi connectivity index (χ1n) is 12.5. The molecule has 2 rings (SSSR count). The molecule has 218 valence electrons. The molecule has 0 radical (unpaired) electrons. The summed E-state index contributed by atoms with van der Waals surface area (Å²) >= 11 is 0. The Kier molecular flexibility index (Phi) is 8.98. The Labute approximate surface area is 229 Å².